The molecule has 2 aromatic carbocycles. The van der Waals surface area contributed by atoms with Crippen LogP contribution >= 0.6 is 7.26 Å². The van der Waals surface area contributed by atoms with E-state index in [-0.39, 0.29) is 0 Å². The molecule has 0 aliphatic carbocycles. The molecule has 0 amide bonds. The quantitative estimate of drug-likeness (QED) is 0.546. The first-order valence-electron chi connectivity index (χ1n) is 6.94. The Morgan fingerprint density at radius 3 is 1.80 bits per heavy atom. The molecule has 1 heteroatoms. The SMILES string of the molecule is C=CC[P+](CC=C)(c1ccccc1)c1ccc(C)cc1. The summed E-state index contributed by atoms with van der Waals surface area (Å²) in [5.74, 6) is 0. The largest absolute Gasteiger partial charge is 0.0998 e. The summed E-state index contributed by atoms with van der Waals surface area (Å²) in [6.45, 7) is 10.1. The molecule has 0 radical (unpaired) electrons. The summed E-state index contributed by atoms with van der Waals surface area (Å²) in [7, 11) is -1.46. The highest BCUT2D eigenvalue weighted by molar-refractivity contribution is 7.89. The summed E-state index contributed by atoms with van der Waals surface area (Å²) >= 11 is 0. The van der Waals surface area contributed by atoms with Gasteiger partial charge in [-0.05, 0) is 31.2 Å². The van der Waals surface area contributed by atoms with Crippen LogP contribution in [0, 0.1) is 6.92 Å². The molecule has 0 nitrogen and oxygen atoms in total. The van der Waals surface area contributed by atoms with E-state index in [9.17, 15) is 0 Å². The van der Waals surface area contributed by atoms with E-state index in [2.05, 4.69) is 86.8 Å². The average Bonchev–Trinajstić information content (AvgIpc) is 2.48. The van der Waals surface area contributed by atoms with Crippen LogP contribution in [0.2, 0.25) is 0 Å². The Bertz CT molecular complexity index is 556. The monoisotopic (exact) mass is 281 g/mol. The Morgan fingerprint density at radius 1 is 0.800 bits per heavy atom. The fourth-order valence-corrected chi connectivity index (χ4v) is 6.26. The number of allylic oxidation sites excluding steroid dienone is 2. The molecule has 0 N–H and O–H groups in total. The lowest BCUT2D eigenvalue weighted by molar-refractivity contribution is 1.48. The van der Waals surface area contributed by atoms with Gasteiger partial charge < -0.3 is 0 Å². The van der Waals surface area contributed by atoms with E-state index in [4.69, 9.17) is 0 Å². The zero-order valence-corrected chi connectivity index (χ0v) is 13.0. The van der Waals surface area contributed by atoms with Crippen molar-refractivity contribution in [2.45, 2.75) is 6.92 Å². The second-order valence-electron chi connectivity index (χ2n) is 5.08. The van der Waals surface area contributed by atoms with Crippen LogP contribution in [-0.4, -0.2) is 12.3 Å². The highest BCUT2D eigenvalue weighted by Gasteiger charge is 2.40. The van der Waals surface area contributed by atoms with Gasteiger partial charge in [-0.15, -0.1) is 0 Å². The van der Waals surface area contributed by atoms with Crippen LogP contribution in [0.4, 0.5) is 0 Å². The van der Waals surface area contributed by atoms with Gasteiger partial charge in [0.1, 0.15) is 0 Å². The molecule has 0 fully saturated rings. The molecular weight excluding hydrogens is 259 g/mol. The molecule has 102 valence electrons. The van der Waals surface area contributed by atoms with Crippen molar-refractivity contribution >= 4 is 17.9 Å². The van der Waals surface area contributed by atoms with Crippen molar-refractivity contribution in [2.24, 2.45) is 0 Å². The van der Waals surface area contributed by atoms with Crippen molar-refractivity contribution in [1.82, 2.24) is 0 Å². The molecule has 0 atom stereocenters. The van der Waals surface area contributed by atoms with E-state index in [1.165, 1.54) is 16.2 Å². The van der Waals surface area contributed by atoms with Crippen molar-refractivity contribution in [3.05, 3.63) is 85.5 Å². The maximum absolute atomic E-state index is 3.99. The van der Waals surface area contributed by atoms with Crippen molar-refractivity contribution in [1.29, 1.82) is 0 Å². The van der Waals surface area contributed by atoms with Gasteiger partial charge in [0.25, 0.3) is 0 Å². The predicted molar refractivity (Wildman–Crippen MR) is 93.9 cm³/mol. The second-order valence-corrected chi connectivity index (χ2v) is 8.78. The van der Waals surface area contributed by atoms with Gasteiger partial charge in [0.15, 0.2) is 0 Å². The first-order valence-corrected chi connectivity index (χ1v) is 9.10. The summed E-state index contributed by atoms with van der Waals surface area (Å²) in [4.78, 5) is 0. The van der Waals surface area contributed by atoms with Gasteiger partial charge in [-0.25, -0.2) is 0 Å². The third kappa shape index (κ3) is 2.92. The lowest BCUT2D eigenvalue weighted by Crippen LogP contribution is -2.26. The lowest BCUT2D eigenvalue weighted by Gasteiger charge is -2.25. The first-order chi connectivity index (χ1) is 9.73. The summed E-state index contributed by atoms with van der Waals surface area (Å²) in [5.41, 5.74) is 1.30. The maximum Gasteiger partial charge on any atom is 0.0998 e. The van der Waals surface area contributed by atoms with E-state index < -0.39 is 7.26 Å². The third-order valence-electron chi connectivity index (χ3n) is 3.66. The van der Waals surface area contributed by atoms with Crippen molar-refractivity contribution in [2.75, 3.05) is 12.3 Å². The van der Waals surface area contributed by atoms with Crippen LogP contribution in [0.25, 0.3) is 0 Å². The molecule has 0 spiro atoms. The summed E-state index contributed by atoms with van der Waals surface area (Å²) in [6, 6.07) is 19.8. The van der Waals surface area contributed by atoms with Crippen LogP contribution in [0.3, 0.4) is 0 Å². The van der Waals surface area contributed by atoms with Gasteiger partial charge in [0.2, 0.25) is 0 Å². The summed E-state index contributed by atoms with van der Waals surface area (Å²) in [5, 5.41) is 2.87. The minimum Gasteiger partial charge on any atom is -0.0995 e. The minimum absolute atomic E-state index is 1.02. The highest BCUT2D eigenvalue weighted by atomic mass is 31.2. The summed E-state index contributed by atoms with van der Waals surface area (Å²) < 4.78 is 0. The molecule has 0 aliphatic rings. The fourth-order valence-electron chi connectivity index (χ4n) is 2.63. The van der Waals surface area contributed by atoms with Gasteiger partial charge in [-0.3, -0.25) is 0 Å². The van der Waals surface area contributed by atoms with Crippen molar-refractivity contribution in [3.8, 4) is 0 Å². The average molecular weight is 281 g/mol. The Labute approximate surface area is 123 Å². The predicted octanol–water partition coefficient (Wildman–Crippen LogP) is 4.34. The molecule has 0 saturated heterocycles. The van der Waals surface area contributed by atoms with Crippen molar-refractivity contribution in [3.63, 3.8) is 0 Å². The Morgan fingerprint density at radius 2 is 1.30 bits per heavy atom. The van der Waals surface area contributed by atoms with Gasteiger partial charge in [0, 0.05) is 0 Å². The normalized spacial score (nSPS) is 11.1. The van der Waals surface area contributed by atoms with Gasteiger partial charge in [-0.1, -0.05) is 61.2 Å². The number of benzene rings is 2. The van der Waals surface area contributed by atoms with Crippen molar-refractivity contribution < 1.29 is 0 Å². The molecule has 0 aliphatic heterocycles. The summed E-state index contributed by atoms with van der Waals surface area (Å²) in [6.07, 6.45) is 6.16. The van der Waals surface area contributed by atoms with E-state index in [0.29, 0.717) is 0 Å². The van der Waals surface area contributed by atoms with Crippen LogP contribution in [0.1, 0.15) is 5.56 Å². The van der Waals surface area contributed by atoms with Crippen LogP contribution in [0.5, 0.6) is 0 Å². The number of hydrogen-bond acceptors (Lipinski definition) is 0. The number of aryl methyl sites for hydroxylation is 1. The Kier molecular flexibility index (Phi) is 4.93. The van der Waals surface area contributed by atoms with Gasteiger partial charge in [0.05, 0.1) is 30.2 Å². The Balaban J connectivity index is 2.60. The first kappa shape index (κ1) is 14.8. The zero-order valence-electron chi connectivity index (χ0n) is 12.1. The standard InChI is InChI=1S/C19H22P/c1-4-15-20(16-5-2,18-9-7-6-8-10-18)19-13-11-17(3)12-14-19/h4-14H,1-2,15-16H2,3H3/q+1. The smallest absolute Gasteiger partial charge is 0.0995 e. The molecule has 0 bridgehead atoms. The molecule has 0 aromatic heterocycles. The van der Waals surface area contributed by atoms with E-state index in [1.807, 2.05) is 0 Å². The fraction of sp³-hybridized carbons (Fsp3) is 0.158. The van der Waals surface area contributed by atoms with E-state index in [1.54, 1.807) is 0 Å². The Hall–Kier alpha value is -1.65. The van der Waals surface area contributed by atoms with Crippen LogP contribution in [-0.2, 0) is 0 Å². The second kappa shape index (κ2) is 6.68. The molecule has 0 saturated carbocycles. The molecule has 0 unspecified atom stereocenters. The van der Waals surface area contributed by atoms with E-state index >= 15 is 0 Å². The van der Waals surface area contributed by atoms with Gasteiger partial charge >= 0.3 is 0 Å². The lowest BCUT2D eigenvalue weighted by atomic mass is 10.2. The van der Waals surface area contributed by atoms with Crippen LogP contribution in [0.15, 0.2) is 79.9 Å². The van der Waals surface area contributed by atoms with Crippen LogP contribution < -0.4 is 10.6 Å². The minimum atomic E-state index is -1.46. The molecule has 2 rings (SSSR count). The number of hydrogen-bond donors (Lipinski definition) is 0. The molecule has 0 heterocycles. The maximum atomic E-state index is 3.99. The third-order valence-corrected chi connectivity index (χ3v) is 8.00. The zero-order chi connectivity index (χ0) is 14.4. The number of rotatable bonds is 6. The molecule has 2 aromatic rings. The topological polar surface area (TPSA) is 0 Å². The highest BCUT2D eigenvalue weighted by Crippen LogP contribution is 2.56. The van der Waals surface area contributed by atoms with E-state index in [0.717, 1.165) is 12.3 Å². The molecule has 20 heavy (non-hydrogen) atoms. The van der Waals surface area contributed by atoms with Gasteiger partial charge in [-0.2, -0.15) is 0 Å². The molecular formula is C19H22P+.